The van der Waals surface area contributed by atoms with Crippen LogP contribution >= 0.6 is 46.4 Å². The highest BCUT2D eigenvalue weighted by Gasteiger charge is 2.31. The van der Waals surface area contributed by atoms with E-state index >= 15 is 0 Å². The first-order chi connectivity index (χ1) is 32.5. The summed E-state index contributed by atoms with van der Waals surface area (Å²) in [4.78, 5) is 62.4. The van der Waals surface area contributed by atoms with E-state index in [0.29, 0.717) is 12.1 Å². The molecule has 19 nitrogen and oxygen atoms in total. The monoisotopic (exact) mass is 1100 g/mol. The van der Waals surface area contributed by atoms with E-state index in [-0.39, 0.29) is 48.5 Å². The van der Waals surface area contributed by atoms with Crippen LogP contribution in [0.2, 0.25) is 20.1 Å². The summed E-state index contributed by atoms with van der Waals surface area (Å²) in [6, 6.07) is 12.5. The number of aliphatic carboxylic acids is 1. The number of aromatic carboxylic acids is 2. The first kappa shape index (κ1) is 57.2. The number of carboxylic acids is 3. The molecule has 70 heavy (non-hydrogen) atoms. The Kier molecular flexibility index (Phi) is 20.4. The maximum atomic E-state index is 12.7. The van der Waals surface area contributed by atoms with E-state index in [1.807, 2.05) is 0 Å². The number of esters is 1. The van der Waals surface area contributed by atoms with Gasteiger partial charge in [-0.25, -0.2) is 37.1 Å². The van der Waals surface area contributed by atoms with Crippen LogP contribution in [0.3, 0.4) is 0 Å². The second-order valence-corrected chi connectivity index (χ2v) is 15.8. The number of methoxy groups -OCH3 is 1. The second kappa shape index (κ2) is 25.0. The molecular formula is C39H27Cl4F7N4O15S. The number of nitrogens with one attached hydrogen (secondary N) is 2. The number of urea groups is 1. The van der Waals surface area contributed by atoms with Crippen molar-refractivity contribution in [3.05, 3.63) is 121 Å². The first-order valence-electron chi connectivity index (χ1n) is 18.0. The number of nitrogens with zero attached hydrogens (tertiary/aromatic N) is 2. The van der Waals surface area contributed by atoms with E-state index in [9.17, 15) is 63.1 Å². The van der Waals surface area contributed by atoms with Gasteiger partial charge in [-0.1, -0.05) is 58.5 Å². The predicted octanol–water partition coefficient (Wildman–Crippen LogP) is 10.0. The van der Waals surface area contributed by atoms with E-state index in [4.69, 9.17) is 75.9 Å². The zero-order valence-electron chi connectivity index (χ0n) is 34.4. The summed E-state index contributed by atoms with van der Waals surface area (Å²) in [5.41, 5.74) is -1.88. The van der Waals surface area contributed by atoms with Crippen molar-refractivity contribution in [3.63, 3.8) is 0 Å². The minimum absolute atomic E-state index is 0.0246. The molecule has 2 amide bonds. The Morgan fingerprint density at radius 2 is 1.29 bits per heavy atom. The third kappa shape index (κ3) is 16.9. The fourth-order valence-electron chi connectivity index (χ4n) is 4.76. The van der Waals surface area contributed by atoms with Gasteiger partial charge in [-0.2, -0.15) is 40.7 Å². The number of rotatable bonds is 15. The van der Waals surface area contributed by atoms with Gasteiger partial charge in [0.2, 0.25) is 17.7 Å². The van der Waals surface area contributed by atoms with Gasteiger partial charge in [-0.3, -0.25) is 5.32 Å². The highest BCUT2D eigenvalue weighted by Crippen LogP contribution is 2.37. The molecule has 0 aliphatic carbocycles. The highest BCUT2D eigenvalue weighted by molar-refractivity contribution is 7.90. The van der Waals surface area contributed by atoms with E-state index < -0.39 is 99.2 Å². The van der Waals surface area contributed by atoms with Crippen LogP contribution in [0.25, 0.3) is 0 Å². The van der Waals surface area contributed by atoms with Crippen LogP contribution < -0.4 is 29.0 Å². The van der Waals surface area contributed by atoms with E-state index in [0.717, 1.165) is 37.3 Å². The number of halogens is 11. The molecule has 1 atom stereocenters. The minimum Gasteiger partial charge on any atom is -0.494 e. The Morgan fingerprint density at radius 1 is 0.714 bits per heavy atom. The topological polar surface area (TPSA) is 276 Å². The van der Waals surface area contributed by atoms with Crippen LogP contribution in [0.4, 0.5) is 41.5 Å². The second-order valence-electron chi connectivity index (χ2n) is 12.5. The van der Waals surface area contributed by atoms with Crippen LogP contribution in [-0.4, -0.2) is 90.1 Å². The van der Waals surface area contributed by atoms with Gasteiger partial charge in [0.05, 0.1) is 50.0 Å². The molecule has 5 aromatic rings. The Bertz CT molecular complexity index is 2840. The zero-order chi connectivity index (χ0) is 52.8. The molecule has 5 rings (SSSR count). The summed E-state index contributed by atoms with van der Waals surface area (Å²) in [5, 5.41) is 28.3. The molecule has 0 spiro atoms. The summed E-state index contributed by atoms with van der Waals surface area (Å²) in [6.07, 6.45) is -5.96. The number of carbonyl (C=O) groups is 5. The zero-order valence-corrected chi connectivity index (χ0v) is 38.3. The van der Waals surface area contributed by atoms with Crippen LogP contribution in [-0.2, 0) is 25.7 Å². The molecule has 0 fully saturated rings. The lowest BCUT2D eigenvalue weighted by atomic mass is 10.2. The summed E-state index contributed by atoms with van der Waals surface area (Å²) in [7, 11) is -3.38. The molecule has 0 saturated heterocycles. The van der Waals surface area contributed by atoms with Gasteiger partial charge in [-0.05, 0) is 67.6 Å². The van der Waals surface area contributed by atoms with Gasteiger partial charge >= 0.3 is 49.3 Å². The van der Waals surface area contributed by atoms with Gasteiger partial charge in [0.25, 0.3) is 10.0 Å². The quantitative estimate of drug-likeness (QED) is 0.0481. The average Bonchev–Trinajstić information content (AvgIpc) is 3.24. The van der Waals surface area contributed by atoms with E-state index in [1.54, 1.807) is 5.32 Å². The molecule has 4 aromatic carbocycles. The minimum atomic E-state index is -4.71. The lowest BCUT2D eigenvalue weighted by molar-refractivity contribution is -0.146. The maximum absolute atomic E-state index is 12.7. The fourth-order valence-corrected chi connectivity index (χ4v) is 6.75. The van der Waals surface area contributed by atoms with Crippen LogP contribution in [0, 0.1) is 0 Å². The summed E-state index contributed by atoms with van der Waals surface area (Å²) >= 11 is 23.1. The Morgan fingerprint density at radius 3 is 1.79 bits per heavy atom. The number of alkyl halides is 7. The predicted molar refractivity (Wildman–Crippen MR) is 229 cm³/mol. The number of amides is 2. The van der Waals surface area contributed by atoms with Crippen molar-refractivity contribution in [1.82, 2.24) is 14.7 Å². The van der Waals surface area contributed by atoms with Gasteiger partial charge in [-0.15, -0.1) is 0 Å². The van der Waals surface area contributed by atoms with Crippen molar-refractivity contribution in [1.29, 1.82) is 0 Å². The van der Waals surface area contributed by atoms with Crippen molar-refractivity contribution in [2.45, 2.75) is 37.3 Å². The van der Waals surface area contributed by atoms with Crippen molar-refractivity contribution in [2.24, 2.45) is 0 Å². The molecule has 31 heteroatoms. The number of sulfonamides is 1. The molecule has 376 valence electrons. The average molecular weight is 1100 g/mol. The normalized spacial score (nSPS) is 11.4. The number of hydrogen-bond acceptors (Lipinski definition) is 14. The molecule has 1 heterocycles. The smallest absolute Gasteiger partial charge is 0.416 e. The van der Waals surface area contributed by atoms with Gasteiger partial charge in [0, 0.05) is 0 Å². The number of ether oxygens (including phenoxy) is 5. The van der Waals surface area contributed by atoms with Gasteiger partial charge in [0.1, 0.15) is 22.0 Å². The molecular weight excluding hydrogens is 1070 g/mol. The van der Waals surface area contributed by atoms with Crippen molar-refractivity contribution >= 4 is 92.3 Å². The fraction of sp³-hybridized carbons (Fsp3) is 0.154. The Hall–Kier alpha value is -7.07. The lowest BCUT2D eigenvalue weighted by Gasteiger charge is -2.13. The van der Waals surface area contributed by atoms with Crippen LogP contribution in [0.5, 0.6) is 29.0 Å². The third-order valence-corrected chi connectivity index (χ3v) is 10.3. The molecule has 0 radical (unpaired) electrons. The van der Waals surface area contributed by atoms with Gasteiger partial charge < -0.3 is 39.0 Å². The summed E-state index contributed by atoms with van der Waals surface area (Å²) in [6.45, 7) is -5.65. The third-order valence-electron chi connectivity index (χ3n) is 7.71. The first-order valence-corrected chi connectivity index (χ1v) is 21.0. The summed E-state index contributed by atoms with van der Waals surface area (Å²) < 4.78 is 136. The van der Waals surface area contributed by atoms with E-state index in [1.165, 1.54) is 48.2 Å². The van der Waals surface area contributed by atoms with Crippen LogP contribution in [0.15, 0.2) is 83.8 Å². The standard InChI is InChI=1S/C17H11Cl2F3O5.C14H10F4N4O7S.C8H6Cl2O3/c1-8(15(23)24)26-16(25)11-7-10(3-4-12(11)18)27-14-5-2-9(6-13(14)19)17(20,21)22;15-11(16)28-8-5-9(29-12(17)18)20-13(19-8)21-14(25)22-30(26,27)7-4-2-1-3-6(7)10(23)24;1-13-7-5(10)3-2-4(9)6(7)8(11)12/h2-8H,1H3,(H,23,24);1-5,11-12H,(H,23,24)(H2,19,20,21,22,25);2-3H,1H3,(H,11,12)/t8-;;/m0../s1. The number of aromatic nitrogens is 2. The molecule has 0 aliphatic heterocycles. The molecule has 0 aliphatic rings. The number of carbonyl (C=O) groups excluding carboxylic acids is 2. The molecule has 0 saturated carbocycles. The van der Waals surface area contributed by atoms with Gasteiger partial charge in [0.15, 0.2) is 11.9 Å². The Labute approximate surface area is 407 Å². The van der Waals surface area contributed by atoms with Crippen LogP contribution in [0.1, 0.15) is 43.6 Å². The number of carboxylic acid groups (broad SMARTS) is 3. The largest absolute Gasteiger partial charge is 0.494 e. The number of benzene rings is 4. The molecule has 0 bridgehead atoms. The lowest BCUT2D eigenvalue weighted by Crippen LogP contribution is -2.35. The summed E-state index contributed by atoms with van der Waals surface area (Å²) in [5.74, 6) is -7.92. The highest BCUT2D eigenvalue weighted by atomic mass is 35.5. The maximum Gasteiger partial charge on any atom is 0.416 e. The van der Waals surface area contributed by atoms with Crippen molar-refractivity contribution in [3.8, 4) is 29.0 Å². The molecule has 1 aromatic heterocycles. The Balaban J connectivity index is 0.000000298. The molecule has 0 unspecified atom stereocenters. The van der Waals surface area contributed by atoms with E-state index in [2.05, 4.69) is 19.4 Å². The molecule has 5 N–H and O–H groups in total. The van der Waals surface area contributed by atoms with Crippen molar-refractivity contribution in [2.75, 3.05) is 12.4 Å². The van der Waals surface area contributed by atoms with Crippen molar-refractivity contribution < 1.29 is 102 Å². The SMILES string of the molecule is COc1c(Cl)ccc(Cl)c1C(=O)O.C[C@H](OC(=O)c1cc(Oc2ccc(C(F)(F)F)cc2Cl)ccc1Cl)C(=O)O.O=C(Nc1nc(OC(F)F)cc(OC(F)F)n1)NS(=O)(=O)c1ccccc1C(=O)O. The number of anilines is 1. The number of hydrogen-bond donors (Lipinski definition) is 5.